The quantitative estimate of drug-likeness (QED) is 0.204. The number of pyridine rings is 1. The molecule has 1 saturated heterocycles. The number of benzene rings is 2. The number of halogens is 1. The van der Waals surface area contributed by atoms with Gasteiger partial charge < -0.3 is 19.3 Å². The summed E-state index contributed by atoms with van der Waals surface area (Å²) in [7, 11) is 1.55. The average molecular weight is 693 g/mol. The van der Waals surface area contributed by atoms with E-state index in [0.717, 1.165) is 24.8 Å². The minimum atomic E-state index is -1.52. The maximum absolute atomic E-state index is 15.7. The van der Waals surface area contributed by atoms with Gasteiger partial charge in [-0.2, -0.15) is 0 Å². The molecule has 264 valence electrons. The van der Waals surface area contributed by atoms with E-state index in [4.69, 9.17) is 14.5 Å². The second kappa shape index (κ2) is 14.4. The van der Waals surface area contributed by atoms with E-state index >= 15 is 4.39 Å². The Balaban J connectivity index is 1.53. The third kappa shape index (κ3) is 8.45. The summed E-state index contributed by atoms with van der Waals surface area (Å²) in [6.45, 7) is 11.0. The molecule has 1 aromatic heterocycles. The smallest absolute Gasteiger partial charge is 0.411 e. The minimum absolute atomic E-state index is 0.0589. The molecule has 1 saturated carbocycles. The first-order valence-corrected chi connectivity index (χ1v) is 18.0. The molecule has 2 N–H and O–H groups in total. The van der Waals surface area contributed by atoms with Gasteiger partial charge >= 0.3 is 6.09 Å². The topological polar surface area (TPSA) is 116 Å². The molecule has 11 heteroatoms. The van der Waals surface area contributed by atoms with Gasteiger partial charge in [0.05, 0.1) is 17.9 Å². The van der Waals surface area contributed by atoms with Crippen LogP contribution in [0.15, 0.2) is 72.9 Å². The molecular weight excluding hydrogens is 644 g/mol. The molecule has 9 nitrogen and oxygen atoms in total. The van der Waals surface area contributed by atoms with E-state index in [2.05, 4.69) is 10.0 Å². The lowest BCUT2D eigenvalue weighted by Gasteiger charge is -2.38. The van der Waals surface area contributed by atoms with Crippen molar-refractivity contribution in [2.75, 3.05) is 19.0 Å². The first kappa shape index (κ1) is 36.8. The van der Waals surface area contributed by atoms with Crippen LogP contribution in [0.25, 0.3) is 0 Å². The van der Waals surface area contributed by atoms with Gasteiger partial charge in [0.1, 0.15) is 33.3 Å². The lowest BCUT2D eigenvalue weighted by atomic mass is 9.82. The molecule has 2 fully saturated rings. The van der Waals surface area contributed by atoms with Crippen LogP contribution >= 0.6 is 0 Å². The Kier molecular flexibility index (Phi) is 10.8. The van der Waals surface area contributed by atoms with E-state index in [0.29, 0.717) is 23.6 Å². The summed E-state index contributed by atoms with van der Waals surface area (Å²) in [6.07, 6.45) is 4.84. The number of methoxy groups -OCH3 is 1. The first-order valence-electron chi connectivity index (χ1n) is 16.9. The highest BCUT2D eigenvalue weighted by Gasteiger charge is 2.52. The molecule has 0 bridgehead atoms. The van der Waals surface area contributed by atoms with Crippen LogP contribution in [0.4, 0.5) is 14.9 Å². The number of likely N-dealkylation sites (tertiary alicyclic amines) is 1. The third-order valence-corrected chi connectivity index (χ3v) is 10.9. The number of hydrogen-bond acceptors (Lipinski definition) is 7. The van der Waals surface area contributed by atoms with E-state index < -0.39 is 56.7 Å². The van der Waals surface area contributed by atoms with Crippen LogP contribution in [-0.4, -0.2) is 56.5 Å². The van der Waals surface area contributed by atoms with Crippen LogP contribution in [0.1, 0.15) is 90.5 Å². The predicted molar refractivity (Wildman–Crippen MR) is 190 cm³/mol. The number of carbonyl (C=O) groups excluding carboxylic acids is 2. The van der Waals surface area contributed by atoms with Gasteiger partial charge in [0, 0.05) is 31.1 Å². The Morgan fingerprint density at radius 2 is 1.73 bits per heavy atom. The van der Waals surface area contributed by atoms with Gasteiger partial charge in [-0.3, -0.25) is 14.7 Å². The van der Waals surface area contributed by atoms with Crippen LogP contribution in [0, 0.1) is 11.7 Å². The fourth-order valence-electron chi connectivity index (χ4n) is 6.27. The van der Waals surface area contributed by atoms with Gasteiger partial charge in [-0.05, 0) is 95.7 Å². The largest absolute Gasteiger partial charge is 0.598 e. The molecule has 2 amide bonds. The van der Waals surface area contributed by atoms with Crippen molar-refractivity contribution in [3.05, 3.63) is 95.6 Å². The number of hydrogen-bond donors (Lipinski definition) is 2. The van der Waals surface area contributed by atoms with E-state index in [-0.39, 0.29) is 18.7 Å². The molecular formula is C38H49FN4O5S. The van der Waals surface area contributed by atoms with E-state index in [1.54, 1.807) is 46.2 Å². The molecule has 4 atom stereocenters. The molecule has 2 heterocycles. The first-order chi connectivity index (χ1) is 23.1. The molecule has 1 aliphatic carbocycles. The summed E-state index contributed by atoms with van der Waals surface area (Å²) < 4.78 is 44.0. The van der Waals surface area contributed by atoms with Crippen molar-refractivity contribution >= 4 is 29.0 Å². The minimum Gasteiger partial charge on any atom is -0.598 e. The van der Waals surface area contributed by atoms with Gasteiger partial charge in [-0.1, -0.05) is 55.3 Å². The van der Waals surface area contributed by atoms with Crippen molar-refractivity contribution in [1.29, 1.82) is 0 Å². The van der Waals surface area contributed by atoms with Crippen molar-refractivity contribution in [3.8, 4) is 0 Å². The number of rotatable bonds is 11. The highest BCUT2D eigenvalue weighted by atomic mass is 32.2. The van der Waals surface area contributed by atoms with E-state index in [9.17, 15) is 14.1 Å². The standard InChI is InChI=1S/C38H49FN4O5S/c1-35(2,3)48-34(45)43-25-37(47-7,27-13-9-8-10-14-27)24-31(43)33(44)41-30-23-28(18-19-29(30)39)38(21-20-26-16-17-26,32-15-11-12-22-40-32)42-49(46)36(4,5)6/h8-15,18-19,22-23,26,31,42H,16-17,20-21,24-25H2,1-7H3,(H,41,44)/t31-,37-,38+,49?/m1/s1. The Hall–Kier alpha value is -3.51. The molecule has 2 aromatic carbocycles. The lowest BCUT2D eigenvalue weighted by molar-refractivity contribution is -0.120. The number of amides is 2. The number of ether oxygens (including phenoxy) is 2. The molecule has 0 radical (unpaired) electrons. The second-order valence-electron chi connectivity index (χ2n) is 15.2. The summed E-state index contributed by atoms with van der Waals surface area (Å²) in [5.74, 6) is -0.669. The summed E-state index contributed by atoms with van der Waals surface area (Å²) in [6, 6.07) is 18.5. The second-order valence-corrected chi connectivity index (χ2v) is 17.1. The maximum atomic E-state index is 15.7. The number of aromatic nitrogens is 1. The SMILES string of the molecule is CO[C@]1(c2ccccc2)C[C@H](C(=O)Nc2cc([C@](CCC3CC3)(N[S+]([O-])C(C)(C)C)c3ccccn3)ccc2F)N(C(=O)OC(C)(C)C)C1. The summed E-state index contributed by atoms with van der Waals surface area (Å²) in [5.41, 5.74) is -0.815. The predicted octanol–water partition coefficient (Wildman–Crippen LogP) is 7.20. The lowest BCUT2D eigenvalue weighted by Crippen LogP contribution is -2.52. The Labute approximate surface area is 292 Å². The summed E-state index contributed by atoms with van der Waals surface area (Å²) >= 11 is -1.52. The van der Waals surface area contributed by atoms with Gasteiger partial charge in [-0.15, -0.1) is 4.72 Å². The summed E-state index contributed by atoms with van der Waals surface area (Å²) in [5, 5.41) is 2.79. The number of carbonyl (C=O) groups is 2. The molecule has 1 aliphatic heterocycles. The average Bonchev–Trinajstić information content (AvgIpc) is 3.80. The zero-order valence-corrected chi connectivity index (χ0v) is 30.4. The van der Waals surface area contributed by atoms with Crippen LogP contribution in [0.2, 0.25) is 0 Å². The Bertz CT molecular complexity index is 1610. The van der Waals surface area contributed by atoms with Gasteiger partial charge in [-0.25, -0.2) is 9.18 Å². The van der Waals surface area contributed by atoms with Crippen LogP contribution in [0.5, 0.6) is 0 Å². The fraction of sp³-hybridized carbons (Fsp3) is 0.500. The highest BCUT2D eigenvalue weighted by Crippen LogP contribution is 2.43. The van der Waals surface area contributed by atoms with Crippen molar-refractivity contribution in [2.45, 2.75) is 101 Å². The fourth-order valence-corrected chi connectivity index (χ4v) is 7.22. The van der Waals surface area contributed by atoms with Crippen LogP contribution < -0.4 is 10.0 Å². The normalized spacial score (nSPS) is 21.6. The Morgan fingerprint density at radius 3 is 2.33 bits per heavy atom. The van der Waals surface area contributed by atoms with Gasteiger partial charge in [0.15, 0.2) is 0 Å². The van der Waals surface area contributed by atoms with Crippen molar-refractivity contribution in [2.24, 2.45) is 5.92 Å². The van der Waals surface area contributed by atoms with Crippen molar-refractivity contribution in [1.82, 2.24) is 14.6 Å². The molecule has 2 aliphatic rings. The molecule has 5 rings (SSSR count). The molecule has 3 aromatic rings. The third-order valence-electron chi connectivity index (χ3n) is 9.21. The van der Waals surface area contributed by atoms with Crippen LogP contribution in [-0.2, 0) is 36.8 Å². The number of anilines is 1. The van der Waals surface area contributed by atoms with Crippen LogP contribution in [0.3, 0.4) is 0 Å². The maximum Gasteiger partial charge on any atom is 0.411 e. The Morgan fingerprint density at radius 1 is 1.04 bits per heavy atom. The van der Waals surface area contributed by atoms with Gasteiger partial charge in [0.25, 0.3) is 0 Å². The molecule has 1 unspecified atom stereocenters. The zero-order valence-electron chi connectivity index (χ0n) is 29.5. The monoisotopic (exact) mass is 692 g/mol. The number of nitrogens with one attached hydrogen (secondary N) is 2. The van der Waals surface area contributed by atoms with E-state index in [1.807, 2.05) is 69.3 Å². The van der Waals surface area contributed by atoms with E-state index in [1.165, 1.54) is 11.0 Å². The highest BCUT2D eigenvalue weighted by molar-refractivity contribution is 7.90. The molecule has 49 heavy (non-hydrogen) atoms. The van der Waals surface area contributed by atoms with Crippen molar-refractivity contribution < 1.29 is 28.0 Å². The van der Waals surface area contributed by atoms with Crippen molar-refractivity contribution in [3.63, 3.8) is 0 Å². The van der Waals surface area contributed by atoms with Gasteiger partial charge in [0.2, 0.25) is 5.91 Å². The number of nitrogens with zero attached hydrogens (tertiary/aromatic N) is 2. The summed E-state index contributed by atoms with van der Waals surface area (Å²) in [4.78, 5) is 33.8. The molecule has 0 spiro atoms. The zero-order chi connectivity index (χ0) is 35.6.